The van der Waals surface area contributed by atoms with Gasteiger partial charge in [-0.3, -0.25) is 9.69 Å². The number of nitrogens with zero attached hydrogens (tertiary/aromatic N) is 2. The first-order valence-electron chi connectivity index (χ1n) is 12.6. The van der Waals surface area contributed by atoms with Gasteiger partial charge in [-0.05, 0) is 67.3 Å². The molecular formula is C27H36FN3O4. The van der Waals surface area contributed by atoms with Crippen LogP contribution in [0.2, 0.25) is 0 Å². The Hall–Kier alpha value is -2.71. The predicted molar refractivity (Wildman–Crippen MR) is 133 cm³/mol. The van der Waals surface area contributed by atoms with Crippen molar-refractivity contribution in [1.82, 2.24) is 9.88 Å². The molecule has 1 aromatic heterocycles. The number of ether oxygens (including phenoxy) is 2. The average molecular weight is 486 g/mol. The van der Waals surface area contributed by atoms with E-state index in [0.29, 0.717) is 38.5 Å². The lowest BCUT2D eigenvalue weighted by Crippen LogP contribution is -2.32. The number of anilines is 1. The number of pyridine rings is 1. The molecule has 4 rings (SSSR count). The molecule has 1 aromatic carbocycles. The minimum absolute atomic E-state index is 0.0541. The van der Waals surface area contributed by atoms with Crippen molar-refractivity contribution in [2.45, 2.75) is 50.7 Å². The number of carboxylic acids is 1. The van der Waals surface area contributed by atoms with E-state index in [1.54, 1.807) is 12.0 Å². The summed E-state index contributed by atoms with van der Waals surface area (Å²) in [5, 5.41) is 12.9. The number of hydrogen-bond donors (Lipinski definition) is 2. The number of aliphatic carboxylic acids is 1. The van der Waals surface area contributed by atoms with E-state index < -0.39 is 12.3 Å². The number of aryl methyl sites for hydroxylation is 2. The number of likely N-dealkylation sites (tertiary alicyclic amines) is 1. The Kier molecular flexibility index (Phi) is 8.93. The van der Waals surface area contributed by atoms with Gasteiger partial charge in [-0.2, -0.15) is 0 Å². The van der Waals surface area contributed by atoms with Gasteiger partial charge in [-0.25, -0.2) is 9.37 Å². The summed E-state index contributed by atoms with van der Waals surface area (Å²) < 4.78 is 25.7. The number of aromatic nitrogens is 1. The van der Waals surface area contributed by atoms with Gasteiger partial charge >= 0.3 is 5.97 Å². The molecule has 0 saturated carbocycles. The fourth-order valence-corrected chi connectivity index (χ4v) is 5.09. The maximum atomic E-state index is 15.0. The quantitative estimate of drug-likeness (QED) is 0.343. The zero-order chi connectivity index (χ0) is 24.6. The van der Waals surface area contributed by atoms with Gasteiger partial charge in [0.25, 0.3) is 0 Å². The summed E-state index contributed by atoms with van der Waals surface area (Å²) in [6.45, 7) is 2.85. The van der Waals surface area contributed by atoms with Crippen molar-refractivity contribution in [3.05, 3.63) is 53.2 Å². The lowest BCUT2D eigenvalue weighted by molar-refractivity contribution is -0.137. The molecule has 0 aliphatic carbocycles. The highest BCUT2D eigenvalue weighted by Gasteiger charge is 2.34. The summed E-state index contributed by atoms with van der Waals surface area (Å²) in [6.07, 6.45) is 3.25. The van der Waals surface area contributed by atoms with Crippen LogP contribution in [0.3, 0.4) is 0 Å². The van der Waals surface area contributed by atoms with Crippen LogP contribution >= 0.6 is 0 Å². The number of nitrogens with one attached hydrogen (secondary N) is 1. The monoisotopic (exact) mass is 485 g/mol. The smallest absolute Gasteiger partial charge is 0.304 e. The number of fused-ring (bicyclic) bond motifs is 1. The molecule has 2 aliphatic heterocycles. The lowest BCUT2D eigenvalue weighted by atomic mass is 9.94. The molecular weight excluding hydrogens is 449 g/mol. The molecule has 3 heterocycles. The molecule has 2 aliphatic rings. The van der Waals surface area contributed by atoms with Crippen molar-refractivity contribution >= 4 is 11.8 Å². The zero-order valence-corrected chi connectivity index (χ0v) is 20.4. The van der Waals surface area contributed by atoms with Gasteiger partial charge in [-0.15, -0.1) is 0 Å². The van der Waals surface area contributed by atoms with E-state index in [4.69, 9.17) is 14.5 Å². The molecule has 35 heavy (non-hydrogen) atoms. The fraction of sp³-hybridized carbons (Fsp3) is 0.556. The molecule has 2 N–H and O–H groups in total. The molecule has 1 saturated heterocycles. The van der Waals surface area contributed by atoms with Crippen molar-refractivity contribution in [2.75, 3.05) is 45.3 Å². The van der Waals surface area contributed by atoms with Crippen LogP contribution < -0.4 is 10.1 Å². The maximum Gasteiger partial charge on any atom is 0.304 e. The van der Waals surface area contributed by atoms with E-state index in [1.807, 2.05) is 24.3 Å². The topological polar surface area (TPSA) is 83.9 Å². The van der Waals surface area contributed by atoms with Crippen molar-refractivity contribution in [2.24, 2.45) is 5.92 Å². The van der Waals surface area contributed by atoms with Crippen LogP contribution in [0.4, 0.5) is 10.2 Å². The van der Waals surface area contributed by atoms with E-state index in [2.05, 4.69) is 17.4 Å². The number of benzene rings is 1. The Morgan fingerprint density at radius 3 is 3.03 bits per heavy atom. The van der Waals surface area contributed by atoms with E-state index in [9.17, 15) is 9.90 Å². The molecule has 0 bridgehead atoms. The minimum atomic E-state index is -1.06. The van der Waals surface area contributed by atoms with Crippen molar-refractivity contribution < 1.29 is 23.8 Å². The highest BCUT2D eigenvalue weighted by atomic mass is 19.1. The fourth-order valence-electron chi connectivity index (χ4n) is 5.09. The summed E-state index contributed by atoms with van der Waals surface area (Å²) >= 11 is 0. The van der Waals surface area contributed by atoms with Gasteiger partial charge in [-0.1, -0.05) is 18.2 Å². The first-order chi connectivity index (χ1) is 17.0. The van der Waals surface area contributed by atoms with Crippen molar-refractivity contribution in [3.63, 3.8) is 0 Å². The molecule has 0 radical (unpaired) electrons. The number of rotatable bonds is 12. The van der Waals surface area contributed by atoms with E-state index in [-0.39, 0.29) is 18.3 Å². The Bertz CT molecular complexity index is 989. The molecule has 3 unspecified atom stereocenters. The van der Waals surface area contributed by atoms with E-state index >= 15 is 4.39 Å². The molecule has 0 amide bonds. The first kappa shape index (κ1) is 25.4. The summed E-state index contributed by atoms with van der Waals surface area (Å²) in [6, 6.07) is 11.7. The molecule has 7 nitrogen and oxygen atoms in total. The maximum absolute atomic E-state index is 15.0. The Morgan fingerprint density at radius 1 is 1.31 bits per heavy atom. The normalized spacial score (nSPS) is 20.7. The van der Waals surface area contributed by atoms with Crippen LogP contribution in [0.15, 0.2) is 36.4 Å². The van der Waals surface area contributed by atoms with E-state index in [0.717, 1.165) is 49.3 Å². The number of carbonyl (C=O) groups is 1. The van der Waals surface area contributed by atoms with Gasteiger partial charge in [0.1, 0.15) is 18.2 Å². The molecule has 0 spiro atoms. The first-order valence-corrected chi connectivity index (χ1v) is 12.6. The number of carboxylic acid groups (broad SMARTS) is 1. The summed E-state index contributed by atoms with van der Waals surface area (Å²) in [5.41, 5.74) is 3.17. The molecule has 1 fully saturated rings. The third kappa shape index (κ3) is 7.15. The number of alkyl halides is 1. The molecule has 3 atom stereocenters. The Morgan fingerprint density at radius 2 is 2.20 bits per heavy atom. The number of methoxy groups -OCH3 is 1. The predicted octanol–water partition coefficient (Wildman–Crippen LogP) is 4.27. The zero-order valence-electron chi connectivity index (χ0n) is 20.4. The highest BCUT2D eigenvalue weighted by Crippen LogP contribution is 2.32. The lowest BCUT2D eigenvalue weighted by Gasteiger charge is -2.25. The van der Waals surface area contributed by atoms with Crippen LogP contribution in [-0.2, 0) is 22.4 Å². The second-order valence-electron chi connectivity index (χ2n) is 9.58. The average Bonchev–Trinajstić information content (AvgIpc) is 3.21. The van der Waals surface area contributed by atoms with Gasteiger partial charge in [0.15, 0.2) is 6.30 Å². The van der Waals surface area contributed by atoms with Crippen molar-refractivity contribution in [3.8, 4) is 5.75 Å². The van der Waals surface area contributed by atoms with Gasteiger partial charge in [0.2, 0.25) is 0 Å². The van der Waals surface area contributed by atoms with Crippen LogP contribution in [0.25, 0.3) is 0 Å². The number of halogens is 1. The standard InChI is InChI=1S/C27H36FN3O4/c1-34-12-13-35-24-6-2-4-21(15-24)22(16-26(32)33)18-31-17-19(14-25(31)28)7-9-23-10-8-20-5-3-11-29-27(20)30-23/h2,4,6,8,10,15,19,22,25H,3,5,7,9,11-14,16-18H2,1H3,(H,29,30)(H,32,33). The van der Waals surface area contributed by atoms with Crippen LogP contribution in [-0.4, -0.2) is 67.2 Å². The van der Waals surface area contributed by atoms with Gasteiger partial charge < -0.3 is 19.9 Å². The summed E-state index contributed by atoms with van der Waals surface area (Å²) in [5.74, 6) is 0.681. The largest absolute Gasteiger partial charge is 0.491 e. The summed E-state index contributed by atoms with van der Waals surface area (Å²) in [7, 11) is 1.61. The van der Waals surface area contributed by atoms with Crippen molar-refractivity contribution in [1.29, 1.82) is 0 Å². The Labute approximate surface area is 206 Å². The molecule has 190 valence electrons. The molecule has 8 heteroatoms. The Balaban J connectivity index is 1.35. The summed E-state index contributed by atoms with van der Waals surface area (Å²) in [4.78, 5) is 18.2. The van der Waals surface area contributed by atoms with Crippen LogP contribution in [0, 0.1) is 5.92 Å². The number of hydrogen-bond acceptors (Lipinski definition) is 6. The second kappa shape index (κ2) is 12.3. The molecule has 2 aromatic rings. The van der Waals surface area contributed by atoms with Crippen LogP contribution in [0.5, 0.6) is 5.75 Å². The highest BCUT2D eigenvalue weighted by molar-refractivity contribution is 5.68. The van der Waals surface area contributed by atoms with E-state index in [1.165, 1.54) is 5.56 Å². The minimum Gasteiger partial charge on any atom is -0.491 e. The third-order valence-corrected chi connectivity index (χ3v) is 6.94. The second-order valence-corrected chi connectivity index (χ2v) is 9.58. The van der Waals surface area contributed by atoms with Gasteiger partial charge in [0.05, 0.1) is 13.0 Å². The SMILES string of the molecule is COCCOc1cccc(C(CC(=O)O)CN2CC(CCc3ccc4c(n3)NCCC4)CC2F)c1. The van der Waals surface area contributed by atoms with Gasteiger partial charge in [0, 0.05) is 38.4 Å². The van der Waals surface area contributed by atoms with Crippen LogP contribution in [0.1, 0.15) is 48.4 Å². The third-order valence-electron chi connectivity index (χ3n) is 6.94.